The van der Waals surface area contributed by atoms with E-state index in [1.807, 2.05) is 0 Å². The Hall–Kier alpha value is -1.30. The van der Waals surface area contributed by atoms with Gasteiger partial charge in [0, 0.05) is 0 Å². The highest BCUT2D eigenvalue weighted by atomic mass is 14.0. The summed E-state index contributed by atoms with van der Waals surface area (Å²) >= 11 is 0. The van der Waals surface area contributed by atoms with E-state index in [1.54, 1.807) is 0 Å². The first kappa shape index (κ1) is 13.7. The van der Waals surface area contributed by atoms with Crippen LogP contribution >= 0.6 is 0 Å². The van der Waals surface area contributed by atoms with Gasteiger partial charge in [0.2, 0.25) is 0 Å². The molecule has 0 aliphatic rings. The van der Waals surface area contributed by atoms with Gasteiger partial charge >= 0.3 is 0 Å². The summed E-state index contributed by atoms with van der Waals surface area (Å²) in [6.45, 7) is 8.41. The van der Waals surface area contributed by atoms with Crippen LogP contribution in [0.2, 0.25) is 0 Å². The smallest absolute Gasteiger partial charge is 0.0230 e. The summed E-state index contributed by atoms with van der Waals surface area (Å²) in [7, 11) is 0. The molecule has 0 amide bonds. The van der Waals surface area contributed by atoms with Gasteiger partial charge in [-0.3, -0.25) is 0 Å². The molecule has 0 aliphatic heterocycles. The Labute approximate surface area is 94.3 Å². The van der Waals surface area contributed by atoms with Crippen LogP contribution in [0.1, 0.15) is 46.2 Å². The summed E-state index contributed by atoms with van der Waals surface area (Å²) in [6.07, 6.45) is 4.27. The van der Waals surface area contributed by atoms with Gasteiger partial charge in [0.25, 0.3) is 0 Å². The van der Waals surface area contributed by atoms with Gasteiger partial charge in [-0.05, 0) is 50.0 Å². The Bertz CT molecular complexity index is 313. The zero-order chi connectivity index (χ0) is 10.6. The summed E-state index contributed by atoms with van der Waals surface area (Å²) in [5.41, 5.74) is 5.27. The molecule has 0 saturated carbocycles. The third-order valence-corrected chi connectivity index (χ3v) is 2.66. The molecule has 0 unspecified atom stereocenters. The van der Waals surface area contributed by atoms with Crippen LogP contribution < -0.4 is 0 Å². The van der Waals surface area contributed by atoms with Crippen molar-refractivity contribution >= 4 is 11.1 Å². The fourth-order valence-corrected chi connectivity index (χ4v) is 1.33. The molecule has 0 heteroatoms. The molecule has 1 rings (SSSR count). The lowest BCUT2D eigenvalue weighted by molar-refractivity contribution is 1.49. The normalized spacial score (nSPS) is 12.3. The molecule has 0 atom stereocenters. The Morgan fingerprint density at radius 2 is 1.07 bits per heavy atom. The number of allylic oxidation sites excluding steroid dienone is 4. The van der Waals surface area contributed by atoms with Crippen molar-refractivity contribution in [1.29, 1.82) is 0 Å². The molecule has 1 aromatic carbocycles. The lowest BCUT2D eigenvalue weighted by atomic mass is 10.0. The molecule has 0 bridgehead atoms. The third-order valence-electron chi connectivity index (χ3n) is 2.66. The molecule has 0 N–H and O–H groups in total. The highest BCUT2D eigenvalue weighted by molar-refractivity contribution is 5.68. The Morgan fingerprint density at radius 1 is 0.800 bits per heavy atom. The van der Waals surface area contributed by atoms with Gasteiger partial charge in [-0.1, -0.05) is 43.8 Å². The first-order valence-corrected chi connectivity index (χ1v) is 5.05. The van der Waals surface area contributed by atoms with E-state index in [2.05, 4.69) is 64.1 Å². The van der Waals surface area contributed by atoms with Gasteiger partial charge in [0.05, 0.1) is 0 Å². The highest BCUT2D eigenvalue weighted by Crippen LogP contribution is 2.18. The largest absolute Gasteiger partial charge is 0.0841 e. The average Bonchev–Trinajstić information content (AvgIpc) is 2.27. The van der Waals surface area contributed by atoms with Crippen LogP contribution in [0.25, 0.3) is 11.1 Å². The molecule has 82 valence electrons. The third kappa shape index (κ3) is 3.39. The molecule has 0 saturated heterocycles. The minimum Gasteiger partial charge on any atom is -0.0841 e. The van der Waals surface area contributed by atoms with Crippen molar-refractivity contribution < 1.29 is 0 Å². The molecule has 1 aromatic rings. The topological polar surface area (TPSA) is 0 Å². The van der Waals surface area contributed by atoms with E-state index >= 15 is 0 Å². The summed E-state index contributed by atoms with van der Waals surface area (Å²) in [4.78, 5) is 0. The second-order valence-electron chi connectivity index (χ2n) is 3.52. The Morgan fingerprint density at radius 3 is 1.27 bits per heavy atom. The van der Waals surface area contributed by atoms with Gasteiger partial charge in [0.15, 0.2) is 0 Å². The van der Waals surface area contributed by atoms with Gasteiger partial charge < -0.3 is 0 Å². The minimum atomic E-state index is 0. The summed E-state index contributed by atoms with van der Waals surface area (Å²) < 4.78 is 0. The van der Waals surface area contributed by atoms with E-state index in [-0.39, 0.29) is 7.43 Å². The van der Waals surface area contributed by atoms with E-state index in [4.69, 9.17) is 0 Å². The molecule has 15 heavy (non-hydrogen) atoms. The van der Waals surface area contributed by atoms with Gasteiger partial charge in [-0.25, -0.2) is 0 Å². The maximum atomic E-state index is 2.18. The second kappa shape index (κ2) is 6.23. The van der Waals surface area contributed by atoms with E-state index in [0.29, 0.717) is 0 Å². The number of hydrogen-bond donors (Lipinski definition) is 0. The zero-order valence-corrected chi connectivity index (χ0v) is 9.46. The van der Waals surface area contributed by atoms with Crippen molar-refractivity contribution in [2.75, 3.05) is 0 Å². The van der Waals surface area contributed by atoms with Crippen molar-refractivity contribution in [2.45, 2.75) is 35.1 Å². The minimum absolute atomic E-state index is 0. The van der Waals surface area contributed by atoms with E-state index < -0.39 is 0 Å². The van der Waals surface area contributed by atoms with Crippen molar-refractivity contribution in [1.82, 2.24) is 0 Å². The molecule has 0 radical (unpaired) electrons. The van der Waals surface area contributed by atoms with E-state index in [1.165, 1.54) is 22.3 Å². The lowest BCUT2D eigenvalue weighted by Crippen LogP contribution is -1.82. The van der Waals surface area contributed by atoms with Crippen LogP contribution in [0, 0.1) is 0 Å². The number of benzene rings is 1. The van der Waals surface area contributed by atoms with Crippen molar-refractivity contribution in [3.05, 3.63) is 47.5 Å². The van der Waals surface area contributed by atoms with Crippen LogP contribution in [0.4, 0.5) is 0 Å². The summed E-state index contributed by atoms with van der Waals surface area (Å²) in [5.74, 6) is 0. The van der Waals surface area contributed by atoms with Crippen molar-refractivity contribution in [2.24, 2.45) is 0 Å². The molecule has 0 nitrogen and oxygen atoms in total. The average molecular weight is 202 g/mol. The summed E-state index contributed by atoms with van der Waals surface area (Å²) in [5, 5.41) is 0. The monoisotopic (exact) mass is 202 g/mol. The highest BCUT2D eigenvalue weighted by Gasteiger charge is 1.96. The SMILES string of the molecule is C.C/C=C(\C)c1ccc(/C(C)=C/C)cc1. The lowest BCUT2D eigenvalue weighted by Gasteiger charge is -2.04. The van der Waals surface area contributed by atoms with Gasteiger partial charge in [0.1, 0.15) is 0 Å². The number of rotatable bonds is 2. The van der Waals surface area contributed by atoms with Crippen LogP contribution in [-0.4, -0.2) is 0 Å². The van der Waals surface area contributed by atoms with Crippen LogP contribution in [0.15, 0.2) is 36.4 Å². The predicted molar refractivity (Wildman–Crippen MR) is 71.8 cm³/mol. The standard InChI is InChI=1S/C14H18.CH4/c1-5-11(3)13-7-9-14(10-8-13)12(4)6-2;/h5-10H,1-4H3;1H4/b11-5+,12-6+;. The van der Waals surface area contributed by atoms with Crippen LogP contribution in [0.5, 0.6) is 0 Å². The van der Waals surface area contributed by atoms with Gasteiger partial charge in [-0.2, -0.15) is 0 Å². The van der Waals surface area contributed by atoms with Crippen LogP contribution in [-0.2, 0) is 0 Å². The molecular formula is C15H22. The van der Waals surface area contributed by atoms with Crippen LogP contribution in [0.3, 0.4) is 0 Å². The van der Waals surface area contributed by atoms with E-state index in [9.17, 15) is 0 Å². The van der Waals surface area contributed by atoms with Gasteiger partial charge in [-0.15, -0.1) is 0 Å². The first-order chi connectivity index (χ1) is 6.69. The first-order valence-electron chi connectivity index (χ1n) is 5.05. The maximum Gasteiger partial charge on any atom is -0.0230 e. The Kier molecular flexibility index (Phi) is 5.69. The van der Waals surface area contributed by atoms with E-state index in [0.717, 1.165) is 0 Å². The fourth-order valence-electron chi connectivity index (χ4n) is 1.33. The Balaban J connectivity index is 0.00000196. The number of hydrogen-bond acceptors (Lipinski definition) is 0. The summed E-state index contributed by atoms with van der Waals surface area (Å²) in [6, 6.07) is 8.71. The predicted octanol–water partition coefficient (Wildman–Crippen LogP) is 5.17. The quantitative estimate of drug-likeness (QED) is 0.620. The molecular weight excluding hydrogens is 180 g/mol. The van der Waals surface area contributed by atoms with Crippen molar-refractivity contribution in [3.8, 4) is 0 Å². The second-order valence-corrected chi connectivity index (χ2v) is 3.52. The molecule has 0 fully saturated rings. The maximum absolute atomic E-state index is 2.18. The van der Waals surface area contributed by atoms with Crippen molar-refractivity contribution in [3.63, 3.8) is 0 Å². The molecule has 0 spiro atoms. The molecule has 0 heterocycles. The molecule has 0 aromatic heterocycles. The fraction of sp³-hybridized carbons (Fsp3) is 0.333. The molecule has 0 aliphatic carbocycles. The zero-order valence-electron chi connectivity index (χ0n) is 9.46.